The number of carbonyl (C=O) groups is 10. The minimum absolute atomic E-state index is 0.00214. The molecule has 28 heteroatoms. The lowest BCUT2D eigenvalue weighted by atomic mass is 9.83. The van der Waals surface area contributed by atoms with E-state index >= 15 is 4.39 Å². The molecule has 3 unspecified atom stereocenters. The molecule has 484 valence electrons. The van der Waals surface area contributed by atoms with Crippen LogP contribution >= 0.6 is 11.8 Å². The van der Waals surface area contributed by atoms with Crippen LogP contribution in [-0.2, 0) is 84.7 Å². The molecule has 0 aliphatic carbocycles. The Morgan fingerprint density at radius 1 is 0.730 bits per heavy atom. The summed E-state index contributed by atoms with van der Waals surface area (Å²) in [5, 5.41) is 21.1. The molecule has 0 saturated carbocycles. The standard InChI is InChI=1S/C61H79F2N9O16S/c1-61(2,3)58(49-34-43(45-35-44(62)13-14-46(45)63)38-70(49)37-42-9-5-4-6-10-42)71(24-8-20-67-59(81)47(36-50(64)73)68-53(76)33-41-17-21-65-22-18-41)56(79)40-89-39-48(60(82)83)69-52(75)19-25-84-27-29-86-31-32-87-30-28-85-26-23-66-51(74)11-7-12-57(80)88-72-54(77)15-16-55(72)78/h4-6,9-10,13-14,17-18,21-22,34-35,38,47-48,58H,7-8,11-12,15-16,19-20,23-33,36-37,39-40H2,1-3H3,(H2,64,73)(H,66,74)(H,67,81)(H,68,76)(H,69,75)(H,82,83). The van der Waals surface area contributed by atoms with E-state index in [9.17, 15) is 57.4 Å². The third-order valence-corrected chi connectivity index (χ3v) is 14.4. The van der Waals surface area contributed by atoms with Crippen LogP contribution in [0.4, 0.5) is 8.78 Å². The van der Waals surface area contributed by atoms with Gasteiger partial charge in [0, 0.05) is 99.4 Å². The molecule has 2 aromatic carbocycles. The number of halogens is 2. The molecule has 8 amide bonds. The van der Waals surface area contributed by atoms with Gasteiger partial charge in [-0.05, 0) is 65.8 Å². The zero-order valence-electron chi connectivity index (χ0n) is 50.2. The number of hydrogen-bond donors (Lipinski definition) is 6. The Labute approximate surface area is 518 Å². The number of carboxylic acid groups (broad SMARTS) is 1. The first-order valence-corrected chi connectivity index (χ1v) is 30.2. The van der Waals surface area contributed by atoms with E-state index in [1.54, 1.807) is 29.3 Å². The fourth-order valence-corrected chi connectivity index (χ4v) is 10.1. The van der Waals surface area contributed by atoms with Crippen molar-refractivity contribution in [2.45, 2.75) is 103 Å². The average Bonchev–Trinajstić information content (AvgIpc) is 1.81. The van der Waals surface area contributed by atoms with Gasteiger partial charge in [-0.3, -0.25) is 43.3 Å². The Morgan fingerprint density at radius 3 is 2.01 bits per heavy atom. The number of benzene rings is 2. The highest BCUT2D eigenvalue weighted by molar-refractivity contribution is 8.00. The number of hydroxylamine groups is 2. The van der Waals surface area contributed by atoms with E-state index in [4.69, 9.17) is 29.5 Å². The number of nitrogens with zero attached hydrogens (tertiary/aromatic N) is 4. The number of aromatic nitrogens is 2. The molecule has 0 bridgehead atoms. The number of nitrogens with one attached hydrogen (secondary N) is 4. The summed E-state index contributed by atoms with van der Waals surface area (Å²) in [5.74, 6) is -8.48. The van der Waals surface area contributed by atoms with Crippen LogP contribution in [0.1, 0.15) is 95.0 Å². The summed E-state index contributed by atoms with van der Waals surface area (Å²) in [7, 11) is 0. The molecular weight excluding hydrogens is 1180 g/mol. The van der Waals surface area contributed by atoms with Crippen LogP contribution in [0, 0.1) is 17.0 Å². The summed E-state index contributed by atoms with van der Waals surface area (Å²) in [4.78, 5) is 136. The van der Waals surface area contributed by atoms with E-state index < -0.39 is 94.9 Å². The van der Waals surface area contributed by atoms with Gasteiger partial charge in [-0.15, -0.1) is 16.8 Å². The number of carbonyl (C=O) groups excluding carboxylic acids is 9. The lowest BCUT2D eigenvalue weighted by Gasteiger charge is -2.41. The van der Waals surface area contributed by atoms with Crippen molar-refractivity contribution in [3.05, 3.63) is 114 Å². The van der Waals surface area contributed by atoms with Gasteiger partial charge in [0.1, 0.15) is 23.7 Å². The van der Waals surface area contributed by atoms with E-state index in [1.807, 2.05) is 55.7 Å². The van der Waals surface area contributed by atoms with E-state index in [-0.39, 0.29) is 153 Å². The zero-order valence-corrected chi connectivity index (χ0v) is 51.0. The van der Waals surface area contributed by atoms with E-state index in [2.05, 4.69) is 26.3 Å². The fraction of sp³-hybridized carbons (Fsp3) is 0.492. The van der Waals surface area contributed by atoms with Crippen LogP contribution < -0.4 is 27.0 Å². The molecule has 0 spiro atoms. The van der Waals surface area contributed by atoms with E-state index in [0.717, 1.165) is 35.5 Å². The average molecular weight is 1260 g/mol. The fourth-order valence-electron chi connectivity index (χ4n) is 9.20. The second kappa shape index (κ2) is 37.6. The van der Waals surface area contributed by atoms with E-state index in [1.165, 1.54) is 12.4 Å². The molecule has 7 N–H and O–H groups in total. The van der Waals surface area contributed by atoms with Gasteiger partial charge in [0.2, 0.25) is 35.4 Å². The van der Waals surface area contributed by atoms with Crippen molar-refractivity contribution in [1.82, 2.24) is 40.8 Å². The van der Waals surface area contributed by atoms with Gasteiger partial charge >= 0.3 is 11.9 Å². The van der Waals surface area contributed by atoms with Crippen LogP contribution in [0.3, 0.4) is 0 Å². The van der Waals surface area contributed by atoms with Crippen molar-refractivity contribution in [2.24, 2.45) is 11.1 Å². The molecule has 4 aromatic rings. The van der Waals surface area contributed by atoms with Crippen LogP contribution in [-0.4, -0.2) is 180 Å². The van der Waals surface area contributed by atoms with Crippen LogP contribution in [0.15, 0.2) is 85.3 Å². The lowest BCUT2D eigenvalue weighted by molar-refractivity contribution is -0.197. The van der Waals surface area contributed by atoms with Gasteiger partial charge in [0.05, 0.1) is 77.5 Å². The molecule has 1 saturated heterocycles. The summed E-state index contributed by atoms with van der Waals surface area (Å²) < 4.78 is 53.9. The third-order valence-electron chi connectivity index (χ3n) is 13.4. The Morgan fingerprint density at radius 2 is 1.37 bits per heavy atom. The second-order valence-corrected chi connectivity index (χ2v) is 22.7. The Kier molecular flexibility index (Phi) is 30.2. The number of aliphatic carboxylic acids is 1. The maximum Gasteiger partial charge on any atom is 0.333 e. The number of imide groups is 1. The molecule has 3 atom stereocenters. The van der Waals surface area contributed by atoms with Crippen molar-refractivity contribution in [3.63, 3.8) is 0 Å². The van der Waals surface area contributed by atoms with Gasteiger partial charge in [-0.2, -0.15) is 0 Å². The summed E-state index contributed by atoms with van der Waals surface area (Å²) in [6.07, 6.45) is 4.14. The van der Waals surface area contributed by atoms with Crippen LogP contribution in [0.2, 0.25) is 0 Å². The number of carboxylic acids is 1. The maximum absolute atomic E-state index is 15.5. The minimum atomic E-state index is -1.39. The number of thioether (sulfide) groups is 1. The number of pyridine rings is 1. The number of ether oxygens (including phenoxy) is 4. The molecule has 0 radical (unpaired) electrons. The smallest absolute Gasteiger partial charge is 0.333 e. The van der Waals surface area contributed by atoms with Crippen molar-refractivity contribution < 1.29 is 85.6 Å². The zero-order chi connectivity index (χ0) is 64.7. The van der Waals surface area contributed by atoms with Gasteiger partial charge in [0.15, 0.2) is 0 Å². The molecular formula is C61H79F2N9O16S. The predicted octanol–water partition coefficient (Wildman–Crippen LogP) is 3.55. The first kappa shape index (κ1) is 71.6. The highest BCUT2D eigenvalue weighted by atomic mass is 32.2. The number of hydrogen-bond acceptors (Lipinski definition) is 17. The predicted molar refractivity (Wildman–Crippen MR) is 319 cm³/mol. The monoisotopic (exact) mass is 1260 g/mol. The highest BCUT2D eigenvalue weighted by Gasteiger charge is 2.38. The van der Waals surface area contributed by atoms with Crippen molar-refractivity contribution in [3.8, 4) is 11.1 Å². The number of nitrogens with two attached hydrogens (primary N) is 1. The molecule has 1 aliphatic rings. The maximum atomic E-state index is 15.5. The summed E-state index contributed by atoms with van der Waals surface area (Å²) in [6.45, 7) is 7.68. The van der Waals surface area contributed by atoms with E-state index in [0.29, 0.717) is 21.9 Å². The summed E-state index contributed by atoms with van der Waals surface area (Å²) >= 11 is 0.973. The first-order valence-electron chi connectivity index (χ1n) is 29.1. The topological polar surface area (TPSA) is 336 Å². The summed E-state index contributed by atoms with van der Waals surface area (Å²) in [5.41, 5.74) is 7.10. The molecule has 1 aliphatic heterocycles. The normalized spacial score (nSPS) is 13.3. The Bertz CT molecular complexity index is 2990. The molecule has 89 heavy (non-hydrogen) atoms. The second-order valence-electron chi connectivity index (χ2n) is 21.6. The summed E-state index contributed by atoms with van der Waals surface area (Å²) in [6, 6.07) is 14.0. The van der Waals surface area contributed by atoms with Crippen molar-refractivity contribution >= 4 is 71.0 Å². The largest absolute Gasteiger partial charge is 0.480 e. The van der Waals surface area contributed by atoms with Gasteiger partial charge in [0.25, 0.3) is 11.8 Å². The third kappa shape index (κ3) is 25.8. The molecule has 25 nitrogen and oxygen atoms in total. The van der Waals surface area contributed by atoms with Gasteiger partial charge in [-0.25, -0.2) is 18.4 Å². The van der Waals surface area contributed by atoms with Crippen LogP contribution in [0.25, 0.3) is 11.1 Å². The first-order chi connectivity index (χ1) is 42.6. The Balaban J connectivity index is 1.09. The molecule has 2 aromatic heterocycles. The van der Waals surface area contributed by atoms with Gasteiger partial charge in [-0.1, -0.05) is 51.1 Å². The highest BCUT2D eigenvalue weighted by Crippen LogP contribution is 2.41. The SMILES string of the molecule is CC(C)(C)C(c1cc(-c2cc(F)ccc2F)cn1Cc1ccccc1)N(CCCNC(=O)C(CC(N)=O)NC(=O)Cc1ccncc1)C(=O)CSCC(NC(=O)CCOCCOCCOCCOCCNC(=O)CCCC(=O)ON1C(=O)CCC1=O)C(=O)O. The minimum Gasteiger partial charge on any atom is -0.480 e. The molecule has 3 heterocycles. The number of amides is 8. The lowest BCUT2D eigenvalue weighted by Crippen LogP contribution is -2.49. The molecule has 1 fully saturated rings. The Hall–Kier alpha value is -8.18. The number of rotatable bonds is 41. The quantitative estimate of drug-likeness (QED) is 0.0273. The number of primary amides is 1. The van der Waals surface area contributed by atoms with Crippen molar-refractivity contribution in [1.29, 1.82) is 0 Å². The van der Waals surface area contributed by atoms with Crippen LogP contribution in [0.5, 0.6) is 0 Å². The van der Waals surface area contributed by atoms with Gasteiger partial charge < -0.3 is 65.4 Å². The van der Waals surface area contributed by atoms with Crippen molar-refractivity contribution in [2.75, 3.05) is 84.0 Å². The molecule has 5 rings (SSSR count).